The lowest BCUT2D eigenvalue weighted by Crippen LogP contribution is -2.24. The molecule has 0 saturated carbocycles. The van der Waals surface area contributed by atoms with Crippen LogP contribution < -0.4 is 0 Å². The van der Waals surface area contributed by atoms with E-state index in [1.165, 1.54) is 6.92 Å². The molecular weight excluding hydrogens is 152 g/mol. The van der Waals surface area contributed by atoms with Gasteiger partial charge in [-0.05, 0) is 12.5 Å². The molecule has 0 aromatic heterocycles. The van der Waals surface area contributed by atoms with Crippen molar-refractivity contribution in [2.45, 2.75) is 12.2 Å². The van der Waals surface area contributed by atoms with Crippen LogP contribution in [0.1, 0.15) is 6.92 Å². The molecule has 4 heteroatoms. The molecule has 0 radical (unpaired) electrons. The van der Waals surface area contributed by atoms with Gasteiger partial charge in [0.25, 0.3) is 0 Å². The normalized spacial score (nSPS) is 12.2. The van der Waals surface area contributed by atoms with E-state index in [1.807, 2.05) is 0 Å². The summed E-state index contributed by atoms with van der Waals surface area (Å²) >= 11 is 3.55. The van der Waals surface area contributed by atoms with E-state index in [0.717, 1.165) is 0 Å². The third kappa shape index (κ3) is 2.23. The van der Waals surface area contributed by atoms with Crippen LogP contribution >= 0.6 is 12.6 Å². The Kier molecular flexibility index (Phi) is 3.15. The molecule has 0 bridgehead atoms. The minimum Gasteiger partial charge on any atom is -0.480 e. The third-order valence-electron chi connectivity index (χ3n) is 0.903. The number of carbonyl (C=O) groups excluding carboxylic acids is 1. The average molecular weight is 160 g/mol. The maximum absolute atomic E-state index is 10.7. The number of hydrogen-bond donors (Lipinski definition) is 2. The lowest BCUT2D eigenvalue weighted by molar-refractivity contribution is -0.138. The Hall–Kier alpha value is -0.770. The second-order valence-corrected chi connectivity index (χ2v) is 2.40. The van der Waals surface area contributed by atoms with Crippen molar-refractivity contribution in [3.8, 4) is 0 Å². The number of allylic oxidation sites excluding steroid dienone is 1. The van der Waals surface area contributed by atoms with Gasteiger partial charge in [0.2, 0.25) is 0 Å². The van der Waals surface area contributed by atoms with Crippen molar-refractivity contribution in [1.29, 1.82) is 0 Å². The first-order valence-corrected chi connectivity index (χ1v) is 3.09. The van der Waals surface area contributed by atoms with Crippen LogP contribution in [0.2, 0.25) is 0 Å². The van der Waals surface area contributed by atoms with Crippen LogP contribution in [0.3, 0.4) is 0 Å². The minimum absolute atomic E-state index is 0.211. The monoisotopic (exact) mass is 160 g/mol. The fourth-order valence-electron chi connectivity index (χ4n) is 0.346. The summed E-state index contributed by atoms with van der Waals surface area (Å²) in [5.74, 6) is -1.79. The van der Waals surface area contributed by atoms with E-state index < -0.39 is 17.0 Å². The van der Waals surface area contributed by atoms with Gasteiger partial charge in [-0.3, -0.25) is 9.59 Å². The highest BCUT2D eigenvalue weighted by molar-refractivity contribution is 7.82. The van der Waals surface area contributed by atoms with Gasteiger partial charge in [-0.25, -0.2) is 0 Å². The zero-order valence-electron chi connectivity index (χ0n) is 5.50. The molecule has 10 heavy (non-hydrogen) atoms. The number of thiol groups is 1. The summed E-state index contributed by atoms with van der Waals surface area (Å²) in [6.07, 6.45) is 0. The molecule has 0 amide bonds. The van der Waals surface area contributed by atoms with E-state index in [0.29, 0.717) is 0 Å². The highest BCUT2D eigenvalue weighted by atomic mass is 32.1. The van der Waals surface area contributed by atoms with E-state index in [1.54, 1.807) is 0 Å². The van der Waals surface area contributed by atoms with E-state index in [9.17, 15) is 9.59 Å². The number of carboxylic acid groups (broad SMARTS) is 1. The van der Waals surface area contributed by atoms with Crippen molar-refractivity contribution in [2.75, 3.05) is 0 Å². The predicted molar refractivity (Wildman–Crippen MR) is 40.2 cm³/mol. The van der Waals surface area contributed by atoms with Crippen LogP contribution in [-0.4, -0.2) is 22.1 Å². The molecule has 0 saturated heterocycles. The molecule has 1 atom stereocenters. The Morgan fingerprint density at radius 2 is 2.00 bits per heavy atom. The summed E-state index contributed by atoms with van der Waals surface area (Å²) in [6, 6.07) is 0. The molecule has 56 valence electrons. The van der Waals surface area contributed by atoms with E-state index in [4.69, 9.17) is 5.11 Å². The number of rotatable bonds is 3. The molecule has 0 aromatic rings. The van der Waals surface area contributed by atoms with Gasteiger partial charge in [0.15, 0.2) is 11.0 Å². The number of aliphatic carboxylic acids is 1. The van der Waals surface area contributed by atoms with Gasteiger partial charge < -0.3 is 5.11 Å². The number of hydrogen-bond acceptors (Lipinski definition) is 3. The summed E-state index contributed by atoms with van der Waals surface area (Å²) < 4.78 is 0. The van der Waals surface area contributed by atoms with Crippen LogP contribution in [-0.2, 0) is 9.59 Å². The Balaban J connectivity index is 4.22. The van der Waals surface area contributed by atoms with E-state index in [-0.39, 0.29) is 5.57 Å². The first kappa shape index (κ1) is 9.23. The lowest BCUT2D eigenvalue weighted by Gasteiger charge is -2.01. The van der Waals surface area contributed by atoms with Gasteiger partial charge in [0, 0.05) is 0 Å². The van der Waals surface area contributed by atoms with Crippen LogP contribution in [0.5, 0.6) is 0 Å². The van der Waals surface area contributed by atoms with Gasteiger partial charge in [-0.2, -0.15) is 12.6 Å². The lowest BCUT2D eigenvalue weighted by atomic mass is 10.1. The SMILES string of the molecule is C=C(C)C(=O)C(S)C(=O)O. The molecule has 1 unspecified atom stereocenters. The Morgan fingerprint density at radius 1 is 1.60 bits per heavy atom. The molecule has 0 aliphatic carbocycles. The molecular formula is C6H8O3S. The fourth-order valence-corrected chi connectivity index (χ4v) is 0.566. The minimum atomic E-state index is -1.27. The predicted octanol–water partition coefficient (Wildman–Crippen LogP) is 0.515. The zero-order valence-corrected chi connectivity index (χ0v) is 6.39. The molecule has 0 spiro atoms. The second-order valence-electron chi connectivity index (χ2n) is 1.89. The van der Waals surface area contributed by atoms with Crippen molar-refractivity contribution >= 4 is 24.4 Å². The first-order chi connectivity index (χ1) is 4.46. The van der Waals surface area contributed by atoms with Crippen LogP contribution in [0, 0.1) is 0 Å². The van der Waals surface area contributed by atoms with Crippen molar-refractivity contribution in [2.24, 2.45) is 0 Å². The molecule has 0 aromatic carbocycles. The summed E-state index contributed by atoms with van der Waals surface area (Å²) in [4.78, 5) is 20.8. The number of ketones is 1. The number of carboxylic acids is 1. The molecule has 0 aliphatic heterocycles. The second kappa shape index (κ2) is 3.41. The van der Waals surface area contributed by atoms with Gasteiger partial charge in [0.05, 0.1) is 0 Å². The fraction of sp³-hybridized carbons (Fsp3) is 0.333. The molecule has 0 fully saturated rings. The van der Waals surface area contributed by atoms with Crippen molar-refractivity contribution < 1.29 is 14.7 Å². The average Bonchev–Trinajstić information content (AvgIpc) is 1.84. The highest BCUT2D eigenvalue weighted by Gasteiger charge is 2.21. The van der Waals surface area contributed by atoms with Gasteiger partial charge >= 0.3 is 5.97 Å². The van der Waals surface area contributed by atoms with Crippen LogP contribution in [0.25, 0.3) is 0 Å². The molecule has 0 aliphatic rings. The van der Waals surface area contributed by atoms with E-state index in [2.05, 4.69) is 19.2 Å². The molecule has 0 rings (SSSR count). The Bertz CT molecular complexity index is 185. The van der Waals surface area contributed by atoms with Gasteiger partial charge in [-0.1, -0.05) is 6.58 Å². The highest BCUT2D eigenvalue weighted by Crippen LogP contribution is 2.03. The first-order valence-electron chi connectivity index (χ1n) is 2.57. The summed E-state index contributed by atoms with van der Waals surface area (Å²) in [5.41, 5.74) is 0.211. The topological polar surface area (TPSA) is 54.4 Å². The van der Waals surface area contributed by atoms with Crippen molar-refractivity contribution in [1.82, 2.24) is 0 Å². The molecule has 0 heterocycles. The number of Topliss-reactive ketones (excluding diaryl/α,β-unsaturated/α-hetero) is 1. The maximum atomic E-state index is 10.7. The maximum Gasteiger partial charge on any atom is 0.324 e. The summed E-state index contributed by atoms with van der Waals surface area (Å²) in [6.45, 7) is 4.75. The van der Waals surface area contributed by atoms with Gasteiger partial charge in [0.1, 0.15) is 0 Å². The largest absolute Gasteiger partial charge is 0.480 e. The Morgan fingerprint density at radius 3 is 2.10 bits per heavy atom. The zero-order chi connectivity index (χ0) is 8.31. The number of carbonyl (C=O) groups is 2. The molecule has 1 N–H and O–H groups in total. The van der Waals surface area contributed by atoms with Crippen molar-refractivity contribution in [3.05, 3.63) is 12.2 Å². The van der Waals surface area contributed by atoms with E-state index >= 15 is 0 Å². The Labute approximate surface area is 64.1 Å². The van der Waals surface area contributed by atoms with Crippen molar-refractivity contribution in [3.63, 3.8) is 0 Å². The summed E-state index contributed by atoms with van der Waals surface area (Å²) in [5, 5.41) is 7.00. The molecule has 3 nitrogen and oxygen atoms in total. The van der Waals surface area contributed by atoms with Crippen LogP contribution in [0.15, 0.2) is 12.2 Å². The summed E-state index contributed by atoms with van der Waals surface area (Å²) in [7, 11) is 0. The standard InChI is InChI=1S/C6H8O3S/c1-3(2)4(7)5(10)6(8)9/h5,10H,1H2,2H3,(H,8,9). The third-order valence-corrected chi connectivity index (χ3v) is 1.36. The smallest absolute Gasteiger partial charge is 0.324 e. The quantitative estimate of drug-likeness (QED) is 0.359. The van der Waals surface area contributed by atoms with Crippen LogP contribution in [0.4, 0.5) is 0 Å². The van der Waals surface area contributed by atoms with Gasteiger partial charge in [-0.15, -0.1) is 0 Å².